The van der Waals surface area contributed by atoms with E-state index in [-0.39, 0.29) is 11.7 Å². The molecule has 1 saturated heterocycles. The number of nitrogens with zero attached hydrogens (tertiary/aromatic N) is 3. The van der Waals surface area contributed by atoms with Gasteiger partial charge >= 0.3 is 0 Å². The molecule has 1 amide bonds. The van der Waals surface area contributed by atoms with Crippen LogP contribution in [0, 0.1) is 12.7 Å². The first-order valence-corrected chi connectivity index (χ1v) is 10.8. The van der Waals surface area contributed by atoms with Crippen molar-refractivity contribution in [2.24, 2.45) is 0 Å². The Kier molecular flexibility index (Phi) is 6.59. The second kappa shape index (κ2) is 9.54. The number of likely N-dealkylation sites (tertiary alicyclic amines) is 1. The maximum Gasteiger partial charge on any atom is 0.259 e. The smallest absolute Gasteiger partial charge is 0.259 e. The Hall–Kier alpha value is -2.83. The van der Waals surface area contributed by atoms with Crippen molar-refractivity contribution in [3.05, 3.63) is 88.2 Å². The van der Waals surface area contributed by atoms with Crippen molar-refractivity contribution in [1.82, 2.24) is 14.9 Å². The van der Waals surface area contributed by atoms with Crippen LogP contribution in [0.5, 0.6) is 0 Å². The Balaban J connectivity index is 1.53. The zero-order valence-electron chi connectivity index (χ0n) is 17.3. The van der Waals surface area contributed by atoms with Crippen LogP contribution in [0.4, 0.5) is 10.1 Å². The number of aromatic nitrogens is 2. The Labute approximate surface area is 186 Å². The summed E-state index contributed by atoms with van der Waals surface area (Å²) in [6.07, 6.45) is 4.70. The van der Waals surface area contributed by atoms with Crippen molar-refractivity contribution in [3.63, 3.8) is 0 Å². The molecule has 1 aliphatic heterocycles. The summed E-state index contributed by atoms with van der Waals surface area (Å²) in [5.41, 5.74) is 2.12. The van der Waals surface area contributed by atoms with Gasteiger partial charge in [-0.15, -0.1) is 0 Å². The number of amides is 1. The quantitative estimate of drug-likeness (QED) is 0.566. The molecule has 1 fully saturated rings. The van der Waals surface area contributed by atoms with Gasteiger partial charge < -0.3 is 5.32 Å². The highest BCUT2D eigenvalue weighted by Gasteiger charge is 2.27. The van der Waals surface area contributed by atoms with E-state index in [1.807, 2.05) is 24.3 Å². The first-order chi connectivity index (χ1) is 15.0. The summed E-state index contributed by atoms with van der Waals surface area (Å²) in [6, 6.07) is 14.0. The molecule has 1 atom stereocenters. The van der Waals surface area contributed by atoms with Crippen molar-refractivity contribution in [1.29, 1.82) is 0 Å². The molecule has 0 spiro atoms. The lowest BCUT2D eigenvalue weighted by molar-refractivity contribution is 0.102. The van der Waals surface area contributed by atoms with Gasteiger partial charge in [-0.05, 0) is 50.1 Å². The van der Waals surface area contributed by atoms with Gasteiger partial charge in [-0.2, -0.15) is 0 Å². The lowest BCUT2D eigenvalue weighted by Crippen LogP contribution is -2.34. The average Bonchev–Trinajstić information content (AvgIpc) is 2.77. The first kappa shape index (κ1) is 21.4. The van der Waals surface area contributed by atoms with Crippen molar-refractivity contribution in [3.8, 4) is 0 Å². The second-order valence-corrected chi connectivity index (χ2v) is 8.14. The fourth-order valence-electron chi connectivity index (χ4n) is 3.94. The largest absolute Gasteiger partial charge is 0.319 e. The molecule has 160 valence electrons. The molecule has 1 aromatic heterocycles. The fourth-order valence-corrected chi connectivity index (χ4v) is 4.13. The SMILES string of the molecule is Cc1nc(C2CCCCN2Cc2ccccc2Cl)ncc1C(=O)Nc1ccccc1F. The van der Waals surface area contributed by atoms with Crippen LogP contribution in [0.1, 0.15) is 52.7 Å². The zero-order chi connectivity index (χ0) is 21.8. The number of rotatable bonds is 5. The van der Waals surface area contributed by atoms with E-state index in [1.165, 1.54) is 18.3 Å². The predicted octanol–water partition coefficient (Wildman–Crippen LogP) is 5.56. The van der Waals surface area contributed by atoms with E-state index in [0.717, 1.165) is 42.9 Å². The monoisotopic (exact) mass is 438 g/mol. The van der Waals surface area contributed by atoms with E-state index in [4.69, 9.17) is 11.6 Å². The van der Waals surface area contributed by atoms with Gasteiger partial charge in [0, 0.05) is 17.8 Å². The standard InChI is InChI=1S/C24H24ClFN4O/c1-16-18(24(31)29-21-11-5-4-10-20(21)26)14-27-23(28-16)22-12-6-7-13-30(22)15-17-8-2-3-9-19(17)25/h2-5,8-11,14,22H,6-7,12-13,15H2,1H3,(H,29,31). The van der Waals surface area contributed by atoms with Crippen molar-refractivity contribution in [2.45, 2.75) is 38.8 Å². The predicted molar refractivity (Wildman–Crippen MR) is 120 cm³/mol. The third-order valence-corrected chi connectivity index (χ3v) is 5.98. The summed E-state index contributed by atoms with van der Waals surface area (Å²) in [5.74, 6) is -0.208. The van der Waals surface area contributed by atoms with Gasteiger partial charge in [0.15, 0.2) is 0 Å². The summed E-state index contributed by atoms with van der Waals surface area (Å²) in [5, 5.41) is 3.35. The fraction of sp³-hybridized carbons (Fsp3) is 0.292. The van der Waals surface area contributed by atoms with Crippen LogP contribution in [0.2, 0.25) is 5.02 Å². The molecule has 7 heteroatoms. The third-order valence-electron chi connectivity index (χ3n) is 5.61. The van der Waals surface area contributed by atoms with Gasteiger partial charge in [0.1, 0.15) is 11.6 Å². The van der Waals surface area contributed by atoms with E-state index in [0.29, 0.717) is 17.1 Å². The molecule has 1 aliphatic rings. The maximum atomic E-state index is 13.9. The minimum atomic E-state index is -0.483. The number of para-hydroxylation sites is 1. The van der Waals surface area contributed by atoms with Crippen LogP contribution in [0.25, 0.3) is 0 Å². The Bertz CT molecular complexity index is 1090. The number of carbonyl (C=O) groups excluding carboxylic acids is 1. The number of anilines is 1. The van der Waals surface area contributed by atoms with Gasteiger partial charge in [-0.25, -0.2) is 14.4 Å². The van der Waals surface area contributed by atoms with Crippen LogP contribution in [0.15, 0.2) is 54.7 Å². The minimum absolute atomic E-state index is 0.0624. The van der Waals surface area contributed by atoms with Crippen LogP contribution in [0.3, 0.4) is 0 Å². The van der Waals surface area contributed by atoms with Gasteiger partial charge in [0.25, 0.3) is 5.91 Å². The third kappa shape index (κ3) is 4.92. The average molecular weight is 439 g/mol. The topological polar surface area (TPSA) is 58.1 Å². The number of hydrogen-bond donors (Lipinski definition) is 1. The van der Waals surface area contributed by atoms with Gasteiger partial charge in [0.2, 0.25) is 0 Å². The molecule has 0 radical (unpaired) electrons. The number of carbonyl (C=O) groups is 1. The molecule has 0 bridgehead atoms. The molecule has 1 unspecified atom stereocenters. The Morgan fingerprint density at radius 1 is 1.19 bits per heavy atom. The summed E-state index contributed by atoms with van der Waals surface area (Å²) >= 11 is 6.37. The Morgan fingerprint density at radius 2 is 1.97 bits per heavy atom. The molecule has 2 aromatic carbocycles. The molecule has 2 heterocycles. The van der Waals surface area contributed by atoms with Crippen LogP contribution >= 0.6 is 11.6 Å². The highest BCUT2D eigenvalue weighted by Crippen LogP contribution is 2.31. The molecule has 4 rings (SSSR count). The normalized spacial score (nSPS) is 16.8. The van der Waals surface area contributed by atoms with E-state index >= 15 is 0 Å². The van der Waals surface area contributed by atoms with E-state index in [1.54, 1.807) is 19.1 Å². The number of hydrogen-bond acceptors (Lipinski definition) is 4. The first-order valence-electron chi connectivity index (χ1n) is 10.4. The van der Waals surface area contributed by atoms with Gasteiger partial charge in [-0.1, -0.05) is 48.4 Å². The minimum Gasteiger partial charge on any atom is -0.319 e. The Morgan fingerprint density at radius 3 is 2.74 bits per heavy atom. The number of benzene rings is 2. The highest BCUT2D eigenvalue weighted by atomic mass is 35.5. The number of halogens is 2. The molecule has 1 N–H and O–H groups in total. The maximum absolute atomic E-state index is 13.9. The second-order valence-electron chi connectivity index (χ2n) is 7.73. The summed E-state index contributed by atoms with van der Waals surface area (Å²) in [4.78, 5) is 24.2. The van der Waals surface area contributed by atoms with Crippen LogP contribution < -0.4 is 5.32 Å². The number of nitrogens with one attached hydrogen (secondary N) is 1. The van der Waals surface area contributed by atoms with E-state index in [2.05, 4.69) is 20.2 Å². The highest BCUT2D eigenvalue weighted by molar-refractivity contribution is 6.31. The molecule has 0 saturated carbocycles. The summed E-state index contributed by atoms with van der Waals surface area (Å²) < 4.78 is 13.9. The summed E-state index contributed by atoms with van der Waals surface area (Å²) in [7, 11) is 0. The lowest BCUT2D eigenvalue weighted by Gasteiger charge is -2.35. The molecule has 31 heavy (non-hydrogen) atoms. The number of piperidine rings is 1. The molecular formula is C24H24ClFN4O. The van der Waals surface area contributed by atoms with Crippen molar-refractivity contribution in [2.75, 3.05) is 11.9 Å². The summed E-state index contributed by atoms with van der Waals surface area (Å²) in [6.45, 7) is 3.44. The van der Waals surface area contributed by atoms with E-state index < -0.39 is 11.7 Å². The van der Waals surface area contributed by atoms with Crippen molar-refractivity contribution < 1.29 is 9.18 Å². The molecule has 3 aromatic rings. The van der Waals surface area contributed by atoms with E-state index in [9.17, 15) is 9.18 Å². The van der Waals surface area contributed by atoms with Gasteiger partial charge in [-0.3, -0.25) is 9.69 Å². The van der Waals surface area contributed by atoms with Crippen molar-refractivity contribution >= 4 is 23.2 Å². The molecule has 0 aliphatic carbocycles. The molecular weight excluding hydrogens is 415 g/mol. The lowest BCUT2D eigenvalue weighted by atomic mass is 10.00. The molecule has 5 nitrogen and oxygen atoms in total. The number of aryl methyl sites for hydroxylation is 1. The van der Waals surface area contributed by atoms with Crippen LogP contribution in [-0.4, -0.2) is 27.3 Å². The van der Waals surface area contributed by atoms with Gasteiger partial charge in [0.05, 0.1) is 23.0 Å². The van der Waals surface area contributed by atoms with Crippen LogP contribution in [-0.2, 0) is 6.54 Å². The zero-order valence-corrected chi connectivity index (χ0v) is 18.1.